The second kappa shape index (κ2) is 6.34. The zero-order valence-electron chi connectivity index (χ0n) is 11.4. The van der Waals surface area contributed by atoms with Gasteiger partial charge in [0.1, 0.15) is 0 Å². The van der Waals surface area contributed by atoms with E-state index in [1.54, 1.807) is 17.5 Å². The topological polar surface area (TPSA) is 63.2 Å². The zero-order valence-corrected chi connectivity index (χ0v) is 12.3. The summed E-state index contributed by atoms with van der Waals surface area (Å²) in [5.41, 5.74) is -0.142. The van der Waals surface area contributed by atoms with Crippen LogP contribution in [0.3, 0.4) is 0 Å². The Hall–Kier alpha value is -1.14. The van der Waals surface area contributed by atoms with Gasteiger partial charge in [-0.2, -0.15) is 0 Å². The molecule has 0 spiro atoms. The van der Waals surface area contributed by atoms with Crippen molar-refractivity contribution in [1.82, 2.24) is 15.6 Å². The highest BCUT2D eigenvalue weighted by atomic mass is 32.1. The number of hydrogen-bond donors (Lipinski definition) is 2. The first kappa shape index (κ1) is 14.3. The highest BCUT2D eigenvalue weighted by Crippen LogP contribution is 2.23. The van der Waals surface area contributed by atoms with Crippen molar-refractivity contribution < 1.29 is 9.53 Å². The molecule has 2 N–H and O–H groups in total. The van der Waals surface area contributed by atoms with Crippen LogP contribution in [0.4, 0.5) is 4.79 Å². The van der Waals surface area contributed by atoms with Crippen LogP contribution in [0.1, 0.15) is 31.7 Å². The van der Waals surface area contributed by atoms with E-state index in [2.05, 4.69) is 29.5 Å². The van der Waals surface area contributed by atoms with Crippen molar-refractivity contribution in [2.75, 3.05) is 13.2 Å². The fourth-order valence-corrected chi connectivity index (χ4v) is 2.87. The number of aromatic nitrogens is 1. The molecule has 0 saturated carbocycles. The number of carbonyl (C=O) groups excluding carboxylic acids is 1. The second-order valence-corrected chi connectivity index (χ2v) is 6.35. The SMILES string of the molecule is CC1(C)CC(NC(=O)NCCc2nccs2)CCO1. The van der Waals surface area contributed by atoms with Crippen molar-refractivity contribution in [3.63, 3.8) is 0 Å². The van der Waals surface area contributed by atoms with Gasteiger partial charge in [-0.1, -0.05) is 0 Å². The minimum absolute atomic E-state index is 0.0979. The number of urea groups is 1. The van der Waals surface area contributed by atoms with E-state index >= 15 is 0 Å². The Kier molecular flexibility index (Phi) is 4.76. The molecule has 2 heterocycles. The number of carbonyl (C=O) groups is 1. The van der Waals surface area contributed by atoms with E-state index in [4.69, 9.17) is 4.74 Å². The van der Waals surface area contributed by atoms with Crippen LogP contribution in [-0.2, 0) is 11.2 Å². The molecule has 2 amide bonds. The Morgan fingerprint density at radius 1 is 1.63 bits per heavy atom. The molecule has 1 saturated heterocycles. The predicted molar refractivity (Wildman–Crippen MR) is 75.4 cm³/mol. The minimum Gasteiger partial charge on any atom is -0.375 e. The Morgan fingerprint density at radius 2 is 2.47 bits per heavy atom. The van der Waals surface area contributed by atoms with Gasteiger partial charge in [0.15, 0.2) is 0 Å². The lowest BCUT2D eigenvalue weighted by Crippen LogP contribution is -2.49. The molecule has 5 nitrogen and oxygen atoms in total. The largest absolute Gasteiger partial charge is 0.375 e. The summed E-state index contributed by atoms with van der Waals surface area (Å²) in [6, 6.07) is 0.0999. The Labute approximate surface area is 117 Å². The summed E-state index contributed by atoms with van der Waals surface area (Å²) in [6.45, 7) is 5.44. The summed E-state index contributed by atoms with van der Waals surface area (Å²) in [6.07, 6.45) is 4.30. The fourth-order valence-electron chi connectivity index (χ4n) is 2.25. The number of rotatable bonds is 4. The lowest BCUT2D eigenvalue weighted by Gasteiger charge is -2.35. The molecular formula is C13H21N3O2S. The first-order chi connectivity index (χ1) is 9.05. The van der Waals surface area contributed by atoms with Gasteiger partial charge in [0.2, 0.25) is 0 Å². The zero-order chi connectivity index (χ0) is 13.7. The van der Waals surface area contributed by atoms with E-state index in [-0.39, 0.29) is 17.7 Å². The lowest BCUT2D eigenvalue weighted by atomic mass is 9.94. The minimum atomic E-state index is -0.142. The quantitative estimate of drug-likeness (QED) is 0.887. The fraction of sp³-hybridized carbons (Fsp3) is 0.692. The average molecular weight is 283 g/mol. The van der Waals surface area contributed by atoms with Crippen molar-refractivity contribution in [2.45, 2.75) is 44.8 Å². The normalized spacial score (nSPS) is 21.9. The molecule has 1 aliphatic rings. The molecule has 0 radical (unpaired) electrons. The van der Waals surface area contributed by atoms with Crippen molar-refractivity contribution in [1.29, 1.82) is 0 Å². The summed E-state index contributed by atoms with van der Waals surface area (Å²) in [7, 11) is 0. The molecule has 106 valence electrons. The van der Waals surface area contributed by atoms with Crippen LogP contribution < -0.4 is 10.6 Å². The van der Waals surface area contributed by atoms with Gasteiger partial charge in [0, 0.05) is 37.2 Å². The second-order valence-electron chi connectivity index (χ2n) is 5.37. The van der Waals surface area contributed by atoms with Gasteiger partial charge in [-0.05, 0) is 26.7 Å². The summed E-state index contributed by atoms with van der Waals surface area (Å²) in [5.74, 6) is 0. The molecule has 0 bridgehead atoms. The van der Waals surface area contributed by atoms with Gasteiger partial charge in [-0.25, -0.2) is 9.78 Å². The van der Waals surface area contributed by atoms with Crippen LogP contribution in [0.5, 0.6) is 0 Å². The molecule has 1 atom stereocenters. The maximum atomic E-state index is 11.8. The lowest BCUT2D eigenvalue weighted by molar-refractivity contribution is -0.0611. The molecule has 6 heteroatoms. The van der Waals surface area contributed by atoms with E-state index in [0.717, 1.165) is 24.3 Å². The Balaban J connectivity index is 1.66. The molecule has 0 aliphatic carbocycles. The molecule has 1 aromatic heterocycles. The molecular weight excluding hydrogens is 262 g/mol. The average Bonchev–Trinajstić information content (AvgIpc) is 2.80. The van der Waals surface area contributed by atoms with E-state index < -0.39 is 0 Å². The Bertz CT molecular complexity index is 406. The van der Waals surface area contributed by atoms with E-state index in [9.17, 15) is 4.79 Å². The Morgan fingerprint density at radius 3 is 3.16 bits per heavy atom. The molecule has 1 unspecified atom stereocenters. The summed E-state index contributed by atoms with van der Waals surface area (Å²) < 4.78 is 5.63. The number of hydrogen-bond acceptors (Lipinski definition) is 4. The molecule has 1 aliphatic heterocycles. The van der Waals surface area contributed by atoms with Gasteiger partial charge in [-0.3, -0.25) is 0 Å². The number of amides is 2. The maximum absolute atomic E-state index is 11.8. The van der Waals surface area contributed by atoms with E-state index in [1.165, 1.54) is 0 Å². The van der Waals surface area contributed by atoms with Gasteiger partial charge < -0.3 is 15.4 Å². The van der Waals surface area contributed by atoms with E-state index in [0.29, 0.717) is 13.2 Å². The number of ether oxygens (including phenoxy) is 1. The third kappa shape index (κ3) is 4.80. The van der Waals surface area contributed by atoms with Crippen molar-refractivity contribution in [2.24, 2.45) is 0 Å². The van der Waals surface area contributed by atoms with Crippen molar-refractivity contribution in [3.05, 3.63) is 16.6 Å². The maximum Gasteiger partial charge on any atom is 0.315 e. The molecule has 0 aromatic carbocycles. The molecule has 2 rings (SSSR count). The van der Waals surface area contributed by atoms with Gasteiger partial charge in [0.25, 0.3) is 0 Å². The van der Waals surface area contributed by atoms with Crippen LogP contribution in [0.15, 0.2) is 11.6 Å². The summed E-state index contributed by atoms with van der Waals surface area (Å²) >= 11 is 1.61. The van der Waals surface area contributed by atoms with Crippen molar-refractivity contribution in [3.8, 4) is 0 Å². The van der Waals surface area contributed by atoms with Crippen LogP contribution in [0.25, 0.3) is 0 Å². The third-order valence-electron chi connectivity index (χ3n) is 3.14. The van der Waals surface area contributed by atoms with E-state index in [1.807, 2.05) is 5.38 Å². The van der Waals surface area contributed by atoms with Crippen LogP contribution in [0.2, 0.25) is 0 Å². The smallest absolute Gasteiger partial charge is 0.315 e. The monoisotopic (exact) mass is 283 g/mol. The summed E-state index contributed by atoms with van der Waals surface area (Å²) in [4.78, 5) is 15.9. The highest BCUT2D eigenvalue weighted by Gasteiger charge is 2.29. The van der Waals surface area contributed by atoms with Crippen LogP contribution >= 0.6 is 11.3 Å². The molecule has 19 heavy (non-hydrogen) atoms. The predicted octanol–water partition coefficient (Wildman–Crippen LogP) is 1.94. The summed E-state index contributed by atoms with van der Waals surface area (Å²) in [5, 5.41) is 8.87. The molecule has 1 fully saturated rings. The standard InChI is InChI=1S/C13H21N3O2S/c1-13(2)9-10(4-7-18-13)16-12(17)15-5-3-11-14-6-8-19-11/h6,8,10H,3-5,7,9H2,1-2H3,(H2,15,16,17). The number of thiazole rings is 1. The highest BCUT2D eigenvalue weighted by molar-refractivity contribution is 7.09. The number of nitrogens with one attached hydrogen (secondary N) is 2. The van der Waals surface area contributed by atoms with Crippen molar-refractivity contribution >= 4 is 17.4 Å². The van der Waals surface area contributed by atoms with Crippen LogP contribution in [0, 0.1) is 0 Å². The van der Waals surface area contributed by atoms with Gasteiger partial charge >= 0.3 is 6.03 Å². The van der Waals surface area contributed by atoms with Gasteiger partial charge in [0.05, 0.1) is 10.6 Å². The van der Waals surface area contributed by atoms with Crippen LogP contribution in [-0.4, -0.2) is 35.8 Å². The third-order valence-corrected chi connectivity index (χ3v) is 3.98. The molecule has 1 aromatic rings. The van der Waals surface area contributed by atoms with Gasteiger partial charge in [-0.15, -0.1) is 11.3 Å². The number of nitrogens with zero attached hydrogens (tertiary/aromatic N) is 1. The first-order valence-electron chi connectivity index (χ1n) is 6.62. The first-order valence-corrected chi connectivity index (χ1v) is 7.50.